The molecule has 0 radical (unpaired) electrons. The quantitative estimate of drug-likeness (QED) is 0.305. The van der Waals surface area contributed by atoms with E-state index in [1.165, 1.54) is 35.2 Å². The first kappa shape index (κ1) is 30.5. The summed E-state index contributed by atoms with van der Waals surface area (Å²) in [6.07, 6.45) is 0.723. The summed E-state index contributed by atoms with van der Waals surface area (Å²) in [4.78, 5) is 28.4. The summed E-state index contributed by atoms with van der Waals surface area (Å²) in [6.45, 7) is 6.82. The van der Waals surface area contributed by atoms with Gasteiger partial charge in [-0.3, -0.25) is 13.9 Å². The Labute approximate surface area is 240 Å². The van der Waals surface area contributed by atoms with Crippen molar-refractivity contribution in [2.24, 2.45) is 0 Å². The molecule has 0 fully saturated rings. The topological polar surface area (TPSA) is 86.8 Å². The summed E-state index contributed by atoms with van der Waals surface area (Å²) in [6, 6.07) is 19.0. The van der Waals surface area contributed by atoms with Gasteiger partial charge in [0.05, 0.1) is 15.6 Å². The average molecular weight is 591 g/mol. The summed E-state index contributed by atoms with van der Waals surface area (Å²) in [5.74, 6) is -0.903. The van der Waals surface area contributed by atoms with Gasteiger partial charge in [0, 0.05) is 17.6 Å². The lowest BCUT2D eigenvalue weighted by molar-refractivity contribution is -0.139. The van der Waals surface area contributed by atoms with Crippen molar-refractivity contribution in [3.63, 3.8) is 0 Å². The van der Waals surface area contributed by atoms with Gasteiger partial charge in [-0.15, -0.1) is 0 Å². The molecule has 3 rings (SSSR count). The number of nitrogens with zero attached hydrogens (tertiary/aromatic N) is 2. The summed E-state index contributed by atoms with van der Waals surface area (Å²) in [5.41, 5.74) is 1.74. The third-order valence-electron chi connectivity index (χ3n) is 6.43. The minimum atomic E-state index is -4.24. The fourth-order valence-electron chi connectivity index (χ4n) is 3.86. The Kier molecular flexibility index (Phi) is 10.4. The van der Waals surface area contributed by atoms with Crippen molar-refractivity contribution >= 4 is 50.7 Å². The van der Waals surface area contributed by atoms with E-state index in [9.17, 15) is 18.0 Å². The van der Waals surface area contributed by atoms with Crippen LogP contribution in [-0.4, -0.2) is 43.8 Å². The summed E-state index contributed by atoms with van der Waals surface area (Å²) in [5, 5.41) is 3.28. The zero-order chi connectivity index (χ0) is 28.7. The number of hydrogen-bond acceptors (Lipinski definition) is 4. The number of amides is 2. The number of carbonyl (C=O) groups is 2. The van der Waals surface area contributed by atoms with Crippen LogP contribution in [0.3, 0.4) is 0 Å². The molecule has 0 aromatic heterocycles. The van der Waals surface area contributed by atoms with Crippen LogP contribution in [0.1, 0.15) is 38.3 Å². The zero-order valence-corrected chi connectivity index (χ0v) is 24.7. The van der Waals surface area contributed by atoms with Crippen molar-refractivity contribution in [2.75, 3.05) is 10.8 Å². The zero-order valence-electron chi connectivity index (χ0n) is 22.4. The Morgan fingerprint density at radius 3 is 2.21 bits per heavy atom. The molecule has 3 aromatic carbocycles. The molecular formula is C29H33Cl2N3O4S. The molecule has 0 spiro atoms. The molecule has 0 aliphatic heterocycles. The summed E-state index contributed by atoms with van der Waals surface area (Å²) < 4.78 is 28.7. The minimum Gasteiger partial charge on any atom is -0.352 e. The van der Waals surface area contributed by atoms with Crippen molar-refractivity contribution in [2.45, 2.75) is 57.6 Å². The summed E-state index contributed by atoms with van der Waals surface area (Å²) in [7, 11) is -4.24. The van der Waals surface area contributed by atoms with Gasteiger partial charge < -0.3 is 10.2 Å². The van der Waals surface area contributed by atoms with Crippen LogP contribution >= 0.6 is 23.2 Å². The highest BCUT2D eigenvalue weighted by molar-refractivity contribution is 7.92. The first-order valence-corrected chi connectivity index (χ1v) is 14.8. The number of sulfonamides is 1. The van der Waals surface area contributed by atoms with Crippen LogP contribution in [0.4, 0.5) is 5.69 Å². The van der Waals surface area contributed by atoms with Gasteiger partial charge in [-0.25, -0.2) is 8.42 Å². The van der Waals surface area contributed by atoms with Crippen LogP contribution in [0.25, 0.3) is 0 Å². The number of rotatable bonds is 11. The lowest BCUT2D eigenvalue weighted by atomic mass is 10.1. The van der Waals surface area contributed by atoms with E-state index in [2.05, 4.69) is 5.32 Å². The van der Waals surface area contributed by atoms with Crippen molar-refractivity contribution < 1.29 is 18.0 Å². The lowest BCUT2D eigenvalue weighted by Gasteiger charge is -2.32. The van der Waals surface area contributed by atoms with Gasteiger partial charge in [0.2, 0.25) is 11.8 Å². The monoisotopic (exact) mass is 589 g/mol. The Hall–Kier alpha value is -3.07. The minimum absolute atomic E-state index is 0.00545. The van der Waals surface area contributed by atoms with E-state index in [4.69, 9.17) is 23.2 Å². The number of halogens is 2. The number of nitrogens with one attached hydrogen (secondary N) is 1. The van der Waals surface area contributed by atoms with E-state index in [1.54, 1.807) is 19.1 Å². The van der Waals surface area contributed by atoms with Crippen LogP contribution in [0, 0.1) is 6.92 Å². The van der Waals surface area contributed by atoms with E-state index in [-0.39, 0.29) is 39.1 Å². The SMILES string of the molecule is CC[C@@H](C)NC(=O)[C@@H](C)N(Cc1ccccc1)C(=O)CN(c1cc(Cl)ccc1Cl)S(=O)(=O)c1ccc(C)cc1. The van der Waals surface area contributed by atoms with Crippen molar-refractivity contribution in [1.29, 1.82) is 0 Å². The average Bonchev–Trinajstić information content (AvgIpc) is 2.91. The highest BCUT2D eigenvalue weighted by Gasteiger charge is 2.33. The molecule has 7 nitrogen and oxygen atoms in total. The van der Waals surface area contributed by atoms with Crippen molar-refractivity contribution in [3.8, 4) is 0 Å². The Bertz CT molecular complexity index is 1400. The van der Waals surface area contributed by atoms with Gasteiger partial charge in [-0.05, 0) is 63.1 Å². The van der Waals surface area contributed by atoms with Crippen LogP contribution in [0.5, 0.6) is 0 Å². The molecule has 208 valence electrons. The third-order valence-corrected chi connectivity index (χ3v) is 8.76. The maximum Gasteiger partial charge on any atom is 0.264 e. The smallest absolute Gasteiger partial charge is 0.264 e. The molecular weight excluding hydrogens is 557 g/mol. The van der Waals surface area contributed by atoms with Gasteiger partial charge in [0.15, 0.2) is 0 Å². The molecule has 39 heavy (non-hydrogen) atoms. The largest absolute Gasteiger partial charge is 0.352 e. The number of anilines is 1. The van der Waals surface area contributed by atoms with E-state index in [0.717, 1.165) is 21.9 Å². The summed E-state index contributed by atoms with van der Waals surface area (Å²) >= 11 is 12.6. The second-order valence-electron chi connectivity index (χ2n) is 9.42. The fraction of sp³-hybridized carbons (Fsp3) is 0.310. The van der Waals surface area contributed by atoms with E-state index < -0.39 is 28.5 Å². The van der Waals surface area contributed by atoms with Gasteiger partial charge in [0.1, 0.15) is 12.6 Å². The van der Waals surface area contributed by atoms with Crippen LogP contribution in [0.15, 0.2) is 77.7 Å². The van der Waals surface area contributed by atoms with E-state index in [0.29, 0.717) is 0 Å². The molecule has 2 amide bonds. The van der Waals surface area contributed by atoms with Gasteiger partial charge in [-0.2, -0.15) is 0 Å². The lowest BCUT2D eigenvalue weighted by Crippen LogP contribution is -2.52. The van der Waals surface area contributed by atoms with E-state index >= 15 is 0 Å². The molecule has 1 N–H and O–H groups in total. The van der Waals surface area contributed by atoms with Gasteiger partial charge in [-0.1, -0.05) is 78.2 Å². The first-order chi connectivity index (χ1) is 18.4. The molecule has 2 atom stereocenters. The van der Waals surface area contributed by atoms with Crippen LogP contribution in [0.2, 0.25) is 10.0 Å². The highest BCUT2D eigenvalue weighted by atomic mass is 35.5. The van der Waals surface area contributed by atoms with Crippen LogP contribution in [-0.2, 0) is 26.2 Å². The molecule has 0 saturated carbocycles. The Morgan fingerprint density at radius 1 is 0.949 bits per heavy atom. The molecule has 0 aliphatic carbocycles. The molecule has 0 aliphatic rings. The molecule has 0 unspecified atom stereocenters. The first-order valence-electron chi connectivity index (χ1n) is 12.6. The predicted molar refractivity (Wildman–Crippen MR) is 157 cm³/mol. The second kappa shape index (κ2) is 13.3. The fourth-order valence-corrected chi connectivity index (χ4v) is 5.72. The van der Waals surface area contributed by atoms with Gasteiger partial charge >= 0.3 is 0 Å². The second-order valence-corrected chi connectivity index (χ2v) is 12.1. The number of hydrogen-bond donors (Lipinski definition) is 1. The highest BCUT2D eigenvalue weighted by Crippen LogP contribution is 2.33. The third kappa shape index (κ3) is 7.75. The Morgan fingerprint density at radius 2 is 1.59 bits per heavy atom. The molecule has 3 aromatic rings. The molecule has 0 heterocycles. The van der Waals surface area contributed by atoms with Gasteiger partial charge in [0.25, 0.3) is 10.0 Å². The van der Waals surface area contributed by atoms with Crippen molar-refractivity contribution in [1.82, 2.24) is 10.2 Å². The maximum atomic E-state index is 13.9. The molecule has 10 heteroatoms. The number of benzene rings is 3. The predicted octanol–water partition coefficient (Wildman–Crippen LogP) is 5.83. The number of carbonyl (C=O) groups excluding carboxylic acids is 2. The van der Waals surface area contributed by atoms with Crippen molar-refractivity contribution in [3.05, 3.63) is 94.0 Å². The molecule has 0 saturated heterocycles. The Balaban J connectivity index is 2.05. The standard InChI is InChI=1S/C29H33Cl2N3O4S/c1-5-21(3)32-29(36)22(4)33(18-23-9-7-6-8-10-23)28(35)19-34(27-17-24(30)13-16-26(27)31)39(37,38)25-14-11-20(2)12-15-25/h6-17,21-22H,5,18-19H2,1-4H3,(H,32,36)/t21-,22-/m1/s1. The maximum absolute atomic E-state index is 13.9. The molecule has 0 bridgehead atoms. The number of aryl methyl sites for hydroxylation is 1. The van der Waals surface area contributed by atoms with E-state index in [1.807, 2.05) is 51.1 Å². The normalized spacial score (nSPS) is 12.9. The van der Waals surface area contributed by atoms with Crippen LogP contribution < -0.4 is 9.62 Å².